The van der Waals surface area contributed by atoms with E-state index >= 15 is 0 Å². The molecular formula is C12H15NO3S. The van der Waals surface area contributed by atoms with E-state index in [1.165, 1.54) is 19.1 Å². The highest BCUT2D eigenvalue weighted by atomic mass is 32.2. The van der Waals surface area contributed by atoms with Crippen molar-refractivity contribution in [1.29, 1.82) is 0 Å². The van der Waals surface area contributed by atoms with E-state index in [4.69, 9.17) is 6.42 Å². The van der Waals surface area contributed by atoms with Crippen LogP contribution in [0.4, 0.5) is 0 Å². The monoisotopic (exact) mass is 253 g/mol. The van der Waals surface area contributed by atoms with Crippen molar-refractivity contribution in [1.82, 2.24) is 4.72 Å². The Morgan fingerprint density at radius 3 is 2.29 bits per heavy atom. The topological polar surface area (TPSA) is 66.4 Å². The molecule has 0 amide bonds. The molecule has 0 saturated carbocycles. The Kier molecular flexibility index (Phi) is 4.29. The fourth-order valence-corrected chi connectivity index (χ4v) is 2.45. The number of aryl methyl sites for hydroxylation is 1. The number of hydrogen-bond donors (Lipinski definition) is 2. The predicted octanol–water partition coefficient (Wildman–Crippen LogP) is 0.656. The lowest BCUT2D eigenvalue weighted by Crippen LogP contribution is -2.40. The smallest absolute Gasteiger partial charge is 0.241 e. The van der Waals surface area contributed by atoms with Gasteiger partial charge in [0.15, 0.2) is 0 Å². The average Bonchev–Trinajstić information content (AvgIpc) is 2.26. The van der Waals surface area contributed by atoms with Gasteiger partial charge in [-0.15, -0.1) is 6.42 Å². The van der Waals surface area contributed by atoms with Crippen molar-refractivity contribution >= 4 is 10.0 Å². The lowest BCUT2D eigenvalue weighted by Gasteiger charge is -2.15. The highest BCUT2D eigenvalue weighted by Crippen LogP contribution is 2.11. The molecule has 0 aliphatic heterocycles. The van der Waals surface area contributed by atoms with Gasteiger partial charge in [-0.05, 0) is 26.0 Å². The molecule has 4 nitrogen and oxygen atoms in total. The van der Waals surface area contributed by atoms with Crippen LogP contribution in [-0.4, -0.2) is 25.7 Å². The van der Waals surface area contributed by atoms with Crippen LogP contribution in [0.3, 0.4) is 0 Å². The molecule has 0 aliphatic carbocycles. The molecule has 0 aromatic heterocycles. The lowest BCUT2D eigenvalue weighted by atomic mass is 10.2. The Bertz CT molecular complexity index is 512. The number of aliphatic hydroxyl groups excluding tert-OH is 1. The molecule has 2 atom stereocenters. The van der Waals surface area contributed by atoms with Gasteiger partial charge in [0.25, 0.3) is 0 Å². The lowest BCUT2D eigenvalue weighted by molar-refractivity contribution is 0.177. The summed E-state index contributed by atoms with van der Waals surface area (Å²) in [6.07, 6.45) is 4.20. The Balaban J connectivity index is 2.97. The first-order valence-corrected chi connectivity index (χ1v) is 6.58. The SMILES string of the molecule is C#C[C@@H](NS(=O)(=O)c1ccc(C)cc1)[C@@H](C)O. The number of terminal acetylenes is 1. The van der Waals surface area contributed by atoms with Crippen LogP contribution in [-0.2, 0) is 10.0 Å². The van der Waals surface area contributed by atoms with E-state index in [2.05, 4.69) is 10.6 Å². The molecule has 0 saturated heterocycles. The van der Waals surface area contributed by atoms with Crippen molar-refractivity contribution < 1.29 is 13.5 Å². The zero-order valence-corrected chi connectivity index (χ0v) is 10.5. The number of sulfonamides is 1. The van der Waals surface area contributed by atoms with Crippen molar-refractivity contribution in [2.45, 2.75) is 30.9 Å². The second-order valence-corrected chi connectivity index (χ2v) is 5.53. The van der Waals surface area contributed by atoms with Gasteiger partial charge in [-0.2, -0.15) is 4.72 Å². The maximum Gasteiger partial charge on any atom is 0.241 e. The van der Waals surface area contributed by atoms with E-state index in [1.54, 1.807) is 12.1 Å². The summed E-state index contributed by atoms with van der Waals surface area (Å²) in [4.78, 5) is 0.129. The van der Waals surface area contributed by atoms with Gasteiger partial charge in [-0.1, -0.05) is 23.6 Å². The minimum atomic E-state index is -3.69. The van der Waals surface area contributed by atoms with Crippen LogP contribution >= 0.6 is 0 Å². The molecular weight excluding hydrogens is 238 g/mol. The van der Waals surface area contributed by atoms with Crippen LogP contribution in [0.1, 0.15) is 12.5 Å². The fraction of sp³-hybridized carbons (Fsp3) is 0.333. The van der Waals surface area contributed by atoms with Gasteiger partial charge in [0.1, 0.15) is 6.04 Å². The summed E-state index contributed by atoms with van der Waals surface area (Å²) in [6, 6.07) is 5.45. The van der Waals surface area contributed by atoms with Crippen LogP contribution < -0.4 is 4.72 Å². The van der Waals surface area contributed by atoms with E-state index in [9.17, 15) is 13.5 Å². The number of benzene rings is 1. The minimum absolute atomic E-state index is 0.129. The van der Waals surface area contributed by atoms with E-state index in [-0.39, 0.29) is 4.90 Å². The Hall–Kier alpha value is -1.35. The molecule has 5 heteroatoms. The second kappa shape index (κ2) is 5.32. The first kappa shape index (κ1) is 13.7. The molecule has 1 aromatic rings. The van der Waals surface area contributed by atoms with E-state index in [1.807, 2.05) is 6.92 Å². The third kappa shape index (κ3) is 3.56. The summed E-state index contributed by atoms with van der Waals surface area (Å²) in [6.45, 7) is 3.30. The number of nitrogens with one attached hydrogen (secondary N) is 1. The first-order valence-electron chi connectivity index (χ1n) is 5.10. The molecule has 0 fully saturated rings. The molecule has 0 spiro atoms. The number of rotatable bonds is 4. The zero-order chi connectivity index (χ0) is 13.1. The Labute approximate surface area is 102 Å². The summed E-state index contributed by atoms with van der Waals surface area (Å²) in [5.41, 5.74) is 0.966. The van der Waals surface area contributed by atoms with Crippen LogP contribution in [0, 0.1) is 19.3 Å². The Morgan fingerprint density at radius 1 is 1.35 bits per heavy atom. The molecule has 0 aliphatic rings. The molecule has 2 N–H and O–H groups in total. The minimum Gasteiger partial charge on any atom is -0.391 e. The van der Waals surface area contributed by atoms with E-state index in [0.717, 1.165) is 5.56 Å². The molecule has 0 radical (unpaired) electrons. The summed E-state index contributed by atoms with van der Waals surface area (Å²) in [7, 11) is -3.69. The maximum atomic E-state index is 11.9. The summed E-state index contributed by atoms with van der Waals surface area (Å²) < 4.78 is 26.1. The van der Waals surface area contributed by atoms with Gasteiger partial charge in [0, 0.05) is 0 Å². The predicted molar refractivity (Wildman–Crippen MR) is 65.8 cm³/mol. The molecule has 0 bridgehead atoms. The van der Waals surface area contributed by atoms with Crippen molar-refractivity contribution in [3.8, 4) is 12.3 Å². The first-order chi connectivity index (χ1) is 7.86. The van der Waals surface area contributed by atoms with Gasteiger partial charge in [0.05, 0.1) is 11.0 Å². The summed E-state index contributed by atoms with van der Waals surface area (Å²) in [5.74, 6) is 2.20. The van der Waals surface area contributed by atoms with Crippen molar-refractivity contribution in [3.05, 3.63) is 29.8 Å². The highest BCUT2D eigenvalue weighted by molar-refractivity contribution is 7.89. The maximum absolute atomic E-state index is 11.9. The van der Waals surface area contributed by atoms with Gasteiger partial charge in [0.2, 0.25) is 10.0 Å². The van der Waals surface area contributed by atoms with Crippen molar-refractivity contribution in [3.63, 3.8) is 0 Å². The van der Waals surface area contributed by atoms with Crippen molar-refractivity contribution in [2.75, 3.05) is 0 Å². The third-order valence-corrected chi connectivity index (χ3v) is 3.73. The molecule has 1 aromatic carbocycles. The van der Waals surface area contributed by atoms with Crippen LogP contribution in [0.2, 0.25) is 0 Å². The number of hydrogen-bond acceptors (Lipinski definition) is 3. The number of aliphatic hydroxyl groups is 1. The average molecular weight is 253 g/mol. The highest BCUT2D eigenvalue weighted by Gasteiger charge is 2.21. The van der Waals surface area contributed by atoms with Gasteiger partial charge in [-0.25, -0.2) is 8.42 Å². The molecule has 0 heterocycles. The van der Waals surface area contributed by atoms with Gasteiger partial charge >= 0.3 is 0 Å². The van der Waals surface area contributed by atoms with E-state index < -0.39 is 22.2 Å². The quantitative estimate of drug-likeness (QED) is 0.775. The third-order valence-electron chi connectivity index (χ3n) is 2.28. The normalized spacial score (nSPS) is 14.9. The van der Waals surface area contributed by atoms with Crippen LogP contribution in [0.5, 0.6) is 0 Å². The van der Waals surface area contributed by atoms with Crippen LogP contribution in [0.25, 0.3) is 0 Å². The molecule has 17 heavy (non-hydrogen) atoms. The fourth-order valence-electron chi connectivity index (χ4n) is 1.22. The van der Waals surface area contributed by atoms with Gasteiger partial charge < -0.3 is 5.11 Å². The molecule has 0 unspecified atom stereocenters. The zero-order valence-electron chi connectivity index (χ0n) is 9.71. The van der Waals surface area contributed by atoms with E-state index in [0.29, 0.717) is 0 Å². The second-order valence-electron chi connectivity index (χ2n) is 3.82. The van der Waals surface area contributed by atoms with Crippen LogP contribution in [0.15, 0.2) is 29.2 Å². The molecule has 1 rings (SSSR count). The Morgan fingerprint density at radius 2 is 1.88 bits per heavy atom. The summed E-state index contributed by atoms with van der Waals surface area (Å²) >= 11 is 0. The largest absolute Gasteiger partial charge is 0.391 e. The summed E-state index contributed by atoms with van der Waals surface area (Å²) in [5, 5.41) is 9.30. The standard InChI is InChI=1S/C12H15NO3S/c1-4-12(10(3)14)13-17(15,16)11-7-5-9(2)6-8-11/h1,5-8,10,12-14H,2-3H3/t10-,12-/m1/s1. The van der Waals surface area contributed by atoms with Crippen molar-refractivity contribution in [2.24, 2.45) is 0 Å². The van der Waals surface area contributed by atoms with Gasteiger partial charge in [-0.3, -0.25) is 0 Å². The molecule has 92 valence electrons.